The molecule has 0 unspecified atom stereocenters. The summed E-state index contributed by atoms with van der Waals surface area (Å²) in [6, 6.07) is 38.8. The first-order valence-electron chi connectivity index (χ1n) is 9.62. The minimum Gasteiger partial charge on any atom is -0.0622 e. The molecular weight excluding hydrogens is 336 g/mol. The van der Waals surface area contributed by atoms with Gasteiger partial charge in [0.15, 0.2) is 0 Å². The van der Waals surface area contributed by atoms with Crippen LogP contribution in [0.15, 0.2) is 109 Å². The lowest BCUT2D eigenvalue weighted by Gasteiger charge is -2.11. The first kappa shape index (κ1) is 16.5. The van der Waals surface area contributed by atoms with Crippen LogP contribution in [-0.2, 0) is 0 Å². The fourth-order valence-corrected chi connectivity index (χ4v) is 3.84. The maximum Gasteiger partial charge on any atom is -0.00988 e. The summed E-state index contributed by atoms with van der Waals surface area (Å²) < 4.78 is 0. The van der Waals surface area contributed by atoms with Gasteiger partial charge in [-0.2, -0.15) is 0 Å². The Morgan fingerprint density at radius 1 is 0.429 bits per heavy atom. The normalized spacial score (nSPS) is 11.4. The third-order valence-corrected chi connectivity index (χ3v) is 5.25. The van der Waals surface area contributed by atoms with Crippen molar-refractivity contribution in [2.45, 2.75) is 0 Å². The maximum absolute atomic E-state index is 2.32. The molecule has 5 aromatic rings. The first-order valence-corrected chi connectivity index (χ1v) is 9.62. The Hall–Kier alpha value is -3.64. The van der Waals surface area contributed by atoms with Crippen LogP contribution in [0.4, 0.5) is 0 Å². The van der Waals surface area contributed by atoms with E-state index < -0.39 is 0 Å². The Balaban J connectivity index is 1.68. The molecule has 132 valence electrons. The van der Waals surface area contributed by atoms with Gasteiger partial charge in [-0.25, -0.2) is 0 Å². The predicted molar refractivity (Wildman–Crippen MR) is 122 cm³/mol. The number of hydrogen-bond acceptors (Lipinski definition) is 0. The molecule has 0 aliphatic carbocycles. The van der Waals surface area contributed by atoms with Crippen LogP contribution in [0.3, 0.4) is 0 Å². The molecular formula is C28H20. The number of rotatable bonds is 3. The fourth-order valence-electron chi connectivity index (χ4n) is 3.84. The monoisotopic (exact) mass is 356 g/mol. The van der Waals surface area contributed by atoms with Gasteiger partial charge in [0.1, 0.15) is 0 Å². The van der Waals surface area contributed by atoms with Gasteiger partial charge in [-0.1, -0.05) is 109 Å². The molecule has 0 radical (unpaired) electrons. The third kappa shape index (κ3) is 3.10. The largest absolute Gasteiger partial charge is 0.0622 e. The molecule has 0 fully saturated rings. The van der Waals surface area contributed by atoms with E-state index in [4.69, 9.17) is 0 Å². The van der Waals surface area contributed by atoms with Crippen LogP contribution in [0, 0.1) is 0 Å². The molecule has 0 atom stereocenters. The Morgan fingerprint density at radius 2 is 1.07 bits per heavy atom. The lowest BCUT2D eigenvalue weighted by atomic mass is 9.92. The molecule has 0 spiro atoms. The quantitative estimate of drug-likeness (QED) is 0.228. The zero-order valence-corrected chi connectivity index (χ0v) is 15.5. The van der Waals surface area contributed by atoms with Crippen molar-refractivity contribution >= 4 is 33.7 Å². The standard InChI is InChI=1S/C28H20/c1-2-9-21(10-3-1)17-18-22-11-6-7-15-26(22)27-16-8-14-25-19-23-12-4-5-13-24(23)20-28(25)27/h1-20H/b18-17+. The van der Waals surface area contributed by atoms with Crippen LogP contribution < -0.4 is 0 Å². The van der Waals surface area contributed by atoms with Gasteiger partial charge in [-0.3, -0.25) is 0 Å². The van der Waals surface area contributed by atoms with Gasteiger partial charge < -0.3 is 0 Å². The smallest absolute Gasteiger partial charge is 0.00988 e. The number of fused-ring (bicyclic) bond motifs is 2. The van der Waals surface area contributed by atoms with Crippen molar-refractivity contribution in [2.24, 2.45) is 0 Å². The average molecular weight is 356 g/mol. The zero-order chi connectivity index (χ0) is 18.8. The van der Waals surface area contributed by atoms with E-state index in [-0.39, 0.29) is 0 Å². The summed E-state index contributed by atoms with van der Waals surface area (Å²) in [7, 11) is 0. The van der Waals surface area contributed by atoms with E-state index in [0.717, 1.165) is 0 Å². The second kappa shape index (κ2) is 7.17. The second-order valence-electron chi connectivity index (χ2n) is 7.06. The van der Waals surface area contributed by atoms with Gasteiger partial charge in [0.25, 0.3) is 0 Å². The lowest BCUT2D eigenvalue weighted by Crippen LogP contribution is -1.86. The molecule has 0 aliphatic rings. The Labute approximate surface area is 165 Å². The van der Waals surface area contributed by atoms with E-state index in [9.17, 15) is 0 Å². The highest BCUT2D eigenvalue weighted by molar-refractivity contribution is 6.06. The Kier molecular flexibility index (Phi) is 4.23. The van der Waals surface area contributed by atoms with Crippen molar-refractivity contribution in [3.63, 3.8) is 0 Å². The van der Waals surface area contributed by atoms with E-state index in [1.807, 2.05) is 6.07 Å². The molecule has 5 rings (SSSR count). The first-order chi connectivity index (χ1) is 13.9. The van der Waals surface area contributed by atoms with E-state index in [1.54, 1.807) is 0 Å². The van der Waals surface area contributed by atoms with Crippen molar-refractivity contribution < 1.29 is 0 Å². The van der Waals surface area contributed by atoms with Crippen molar-refractivity contribution in [2.75, 3.05) is 0 Å². The van der Waals surface area contributed by atoms with Crippen molar-refractivity contribution in [1.82, 2.24) is 0 Å². The predicted octanol–water partition coefficient (Wildman–Crippen LogP) is 7.83. The SMILES string of the molecule is C(=C\c1ccccc1-c1cccc2cc3ccccc3cc12)/c1ccccc1. The molecule has 0 bridgehead atoms. The highest BCUT2D eigenvalue weighted by atomic mass is 14.1. The fraction of sp³-hybridized carbons (Fsp3) is 0. The number of hydrogen-bond donors (Lipinski definition) is 0. The molecule has 0 aliphatic heterocycles. The average Bonchev–Trinajstić information content (AvgIpc) is 2.77. The molecule has 5 aromatic carbocycles. The van der Waals surface area contributed by atoms with Gasteiger partial charge in [-0.05, 0) is 55.9 Å². The van der Waals surface area contributed by atoms with Crippen LogP contribution in [0.5, 0.6) is 0 Å². The van der Waals surface area contributed by atoms with Gasteiger partial charge in [0.05, 0.1) is 0 Å². The Bertz CT molecular complexity index is 1290. The van der Waals surface area contributed by atoms with Crippen LogP contribution in [0.25, 0.3) is 44.8 Å². The molecule has 0 nitrogen and oxygen atoms in total. The topological polar surface area (TPSA) is 0 Å². The summed E-state index contributed by atoms with van der Waals surface area (Å²) in [6.07, 6.45) is 4.39. The van der Waals surface area contributed by atoms with Crippen LogP contribution in [0.1, 0.15) is 11.1 Å². The summed E-state index contributed by atoms with van der Waals surface area (Å²) in [5.74, 6) is 0. The molecule has 0 heteroatoms. The Morgan fingerprint density at radius 3 is 1.93 bits per heavy atom. The van der Waals surface area contributed by atoms with Crippen molar-refractivity contribution in [3.05, 3.63) is 120 Å². The minimum atomic E-state index is 1.21. The van der Waals surface area contributed by atoms with Crippen LogP contribution in [0.2, 0.25) is 0 Å². The summed E-state index contributed by atoms with van der Waals surface area (Å²) in [4.78, 5) is 0. The highest BCUT2D eigenvalue weighted by Crippen LogP contribution is 2.34. The van der Waals surface area contributed by atoms with E-state index in [0.29, 0.717) is 0 Å². The molecule has 28 heavy (non-hydrogen) atoms. The van der Waals surface area contributed by atoms with Gasteiger partial charge in [0.2, 0.25) is 0 Å². The minimum absolute atomic E-state index is 1.21. The molecule has 0 amide bonds. The van der Waals surface area contributed by atoms with E-state index >= 15 is 0 Å². The lowest BCUT2D eigenvalue weighted by molar-refractivity contribution is 1.62. The maximum atomic E-state index is 2.32. The molecule has 0 saturated carbocycles. The molecule has 0 aromatic heterocycles. The zero-order valence-electron chi connectivity index (χ0n) is 15.5. The van der Waals surface area contributed by atoms with Crippen LogP contribution >= 0.6 is 0 Å². The van der Waals surface area contributed by atoms with Gasteiger partial charge >= 0.3 is 0 Å². The molecule has 0 saturated heterocycles. The summed E-state index contributed by atoms with van der Waals surface area (Å²) in [5.41, 5.74) is 4.97. The summed E-state index contributed by atoms with van der Waals surface area (Å²) in [5, 5.41) is 5.13. The van der Waals surface area contributed by atoms with Crippen molar-refractivity contribution in [3.8, 4) is 11.1 Å². The molecule has 0 N–H and O–H groups in total. The summed E-state index contributed by atoms with van der Waals surface area (Å²) >= 11 is 0. The molecule has 0 heterocycles. The highest BCUT2D eigenvalue weighted by Gasteiger charge is 2.08. The second-order valence-corrected chi connectivity index (χ2v) is 7.06. The van der Waals surface area contributed by atoms with E-state index in [2.05, 4.69) is 115 Å². The van der Waals surface area contributed by atoms with Gasteiger partial charge in [0, 0.05) is 0 Å². The van der Waals surface area contributed by atoms with Gasteiger partial charge in [-0.15, -0.1) is 0 Å². The van der Waals surface area contributed by atoms with Crippen LogP contribution in [-0.4, -0.2) is 0 Å². The third-order valence-electron chi connectivity index (χ3n) is 5.25. The van der Waals surface area contributed by atoms with E-state index in [1.165, 1.54) is 43.8 Å². The summed E-state index contributed by atoms with van der Waals surface area (Å²) in [6.45, 7) is 0. The number of benzene rings is 5. The van der Waals surface area contributed by atoms with Crippen molar-refractivity contribution in [1.29, 1.82) is 0 Å².